The van der Waals surface area contributed by atoms with Gasteiger partial charge in [0.05, 0.1) is 0 Å². The van der Waals surface area contributed by atoms with E-state index in [0.29, 0.717) is 12.5 Å². The normalized spacial score (nSPS) is 26.8. The molecule has 2 nitrogen and oxygen atoms in total. The zero-order valence-electron chi connectivity index (χ0n) is 10.4. The van der Waals surface area contributed by atoms with Crippen molar-refractivity contribution in [2.45, 2.75) is 25.3 Å². The van der Waals surface area contributed by atoms with Crippen molar-refractivity contribution < 1.29 is 4.39 Å². The first-order valence-electron chi connectivity index (χ1n) is 6.38. The molecule has 0 aromatic heterocycles. The van der Waals surface area contributed by atoms with Gasteiger partial charge in [-0.15, -0.1) is 0 Å². The minimum Gasteiger partial charge on any atom is -0.330 e. The Kier molecular flexibility index (Phi) is 4.13. The van der Waals surface area contributed by atoms with Crippen LogP contribution in [-0.4, -0.2) is 25.0 Å². The molecule has 1 aliphatic heterocycles. The van der Waals surface area contributed by atoms with Crippen LogP contribution in [-0.2, 0) is 0 Å². The number of nitrogens with two attached hydrogens (primary N) is 1. The molecule has 94 valence electrons. The van der Waals surface area contributed by atoms with Crippen LogP contribution in [0.5, 0.6) is 0 Å². The summed E-state index contributed by atoms with van der Waals surface area (Å²) < 4.78 is 13.3. The molecule has 0 radical (unpaired) electrons. The van der Waals surface area contributed by atoms with Crippen molar-refractivity contribution >= 4 is 0 Å². The molecule has 1 aromatic carbocycles. The minimum absolute atomic E-state index is 0.157. The van der Waals surface area contributed by atoms with Gasteiger partial charge in [-0.1, -0.05) is 18.6 Å². The molecule has 0 amide bonds. The Balaban J connectivity index is 2.30. The molecule has 0 aliphatic carbocycles. The second-order valence-electron chi connectivity index (χ2n) is 4.97. The van der Waals surface area contributed by atoms with Gasteiger partial charge in [-0.05, 0) is 56.6 Å². The van der Waals surface area contributed by atoms with Crippen LogP contribution in [0, 0.1) is 11.7 Å². The van der Waals surface area contributed by atoms with E-state index in [0.717, 1.165) is 18.5 Å². The zero-order chi connectivity index (χ0) is 12.3. The maximum atomic E-state index is 13.3. The van der Waals surface area contributed by atoms with Crippen LogP contribution in [0.2, 0.25) is 0 Å². The van der Waals surface area contributed by atoms with E-state index in [1.807, 2.05) is 6.07 Å². The van der Waals surface area contributed by atoms with Gasteiger partial charge in [0, 0.05) is 6.04 Å². The van der Waals surface area contributed by atoms with Crippen molar-refractivity contribution in [1.82, 2.24) is 4.90 Å². The van der Waals surface area contributed by atoms with E-state index in [1.54, 1.807) is 12.1 Å². The van der Waals surface area contributed by atoms with E-state index in [2.05, 4.69) is 11.9 Å². The fourth-order valence-electron chi connectivity index (χ4n) is 2.89. The smallest absolute Gasteiger partial charge is 0.123 e. The summed E-state index contributed by atoms with van der Waals surface area (Å²) in [6.07, 6.45) is 3.57. The summed E-state index contributed by atoms with van der Waals surface area (Å²) in [5.41, 5.74) is 6.94. The number of halogens is 1. The van der Waals surface area contributed by atoms with Crippen molar-refractivity contribution in [2.75, 3.05) is 20.1 Å². The number of benzene rings is 1. The van der Waals surface area contributed by atoms with E-state index >= 15 is 0 Å². The molecule has 3 heteroatoms. The average Bonchev–Trinajstić information content (AvgIpc) is 2.50. The standard InChI is InChI=1S/C14H21FN2/c1-17-8-3-2-5-12(10-16)14(17)11-6-4-7-13(15)9-11/h4,6-7,9,12,14H,2-3,5,8,10,16H2,1H3. The summed E-state index contributed by atoms with van der Waals surface area (Å²) in [4.78, 5) is 2.32. The van der Waals surface area contributed by atoms with Gasteiger partial charge >= 0.3 is 0 Å². The van der Waals surface area contributed by atoms with Crippen molar-refractivity contribution in [3.8, 4) is 0 Å². The molecule has 1 fully saturated rings. The van der Waals surface area contributed by atoms with Crippen LogP contribution in [0.4, 0.5) is 4.39 Å². The summed E-state index contributed by atoms with van der Waals surface area (Å²) in [6.45, 7) is 1.74. The second kappa shape index (κ2) is 5.61. The second-order valence-corrected chi connectivity index (χ2v) is 4.97. The SMILES string of the molecule is CN1CCCCC(CN)C1c1cccc(F)c1. The predicted octanol–water partition coefficient (Wildman–Crippen LogP) is 2.56. The van der Waals surface area contributed by atoms with Gasteiger partial charge < -0.3 is 5.73 Å². The third kappa shape index (κ3) is 2.85. The predicted molar refractivity (Wildman–Crippen MR) is 68.2 cm³/mol. The summed E-state index contributed by atoms with van der Waals surface area (Å²) in [5.74, 6) is 0.278. The highest BCUT2D eigenvalue weighted by atomic mass is 19.1. The monoisotopic (exact) mass is 236 g/mol. The molecular formula is C14H21FN2. The Morgan fingerprint density at radius 2 is 2.24 bits per heavy atom. The van der Waals surface area contributed by atoms with E-state index in [4.69, 9.17) is 5.73 Å². The van der Waals surface area contributed by atoms with E-state index in [1.165, 1.54) is 18.9 Å². The van der Waals surface area contributed by atoms with Gasteiger partial charge in [-0.25, -0.2) is 4.39 Å². The Morgan fingerprint density at radius 3 is 2.94 bits per heavy atom. The Hall–Kier alpha value is -0.930. The Bertz CT molecular complexity index is 367. The van der Waals surface area contributed by atoms with Crippen molar-refractivity contribution in [1.29, 1.82) is 0 Å². The van der Waals surface area contributed by atoms with E-state index < -0.39 is 0 Å². The molecule has 1 aliphatic rings. The molecule has 1 saturated heterocycles. The van der Waals surface area contributed by atoms with Gasteiger partial charge in [0.1, 0.15) is 5.82 Å². The third-order valence-corrected chi connectivity index (χ3v) is 3.75. The van der Waals surface area contributed by atoms with Crippen LogP contribution in [0.15, 0.2) is 24.3 Å². The van der Waals surface area contributed by atoms with Gasteiger partial charge in [0.25, 0.3) is 0 Å². The van der Waals surface area contributed by atoms with E-state index in [9.17, 15) is 4.39 Å². The summed E-state index contributed by atoms with van der Waals surface area (Å²) in [6, 6.07) is 7.21. The molecule has 1 heterocycles. The molecular weight excluding hydrogens is 215 g/mol. The van der Waals surface area contributed by atoms with Crippen LogP contribution in [0.3, 0.4) is 0 Å². The van der Waals surface area contributed by atoms with Crippen LogP contribution < -0.4 is 5.73 Å². The molecule has 2 atom stereocenters. The van der Waals surface area contributed by atoms with Crippen LogP contribution >= 0.6 is 0 Å². The van der Waals surface area contributed by atoms with Gasteiger partial charge in [0.15, 0.2) is 0 Å². The first-order valence-corrected chi connectivity index (χ1v) is 6.38. The fourth-order valence-corrected chi connectivity index (χ4v) is 2.89. The molecule has 0 saturated carbocycles. The zero-order valence-corrected chi connectivity index (χ0v) is 10.4. The minimum atomic E-state index is -0.157. The highest BCUT2D eigenvalue weighted by Crippen LogP contribution is 2.33. The van der Waals surface area contributed by atoms with Crippen molar-refractivity contribution in [3.63, 3.8) is 0 Å². The number of nitrogens with zero attached hydrogens (tertiary/aromatic N) is 1. The lowest BCUT2D eigenvalue weighted by Crippen LogP contribution is -2.33. The maximum absolute atomic E-state index is 13.3. The number of rotatable bonds is 2. The van der Waals surface area contributed by atoms with Gasteiger partial charge in [0.2, 0.25) is 0 Å². The lowest BCUT2D eigenvalue weighted by molar-refractivity contribution is 0.195. The molecule has 1 aromatic rings. The Morgan fingerprint density at radius 1 is 1.41 bits per heavy atom. The summed E-state index contributed by atoms with van der Waals surface area (Å²) in [5, 5.41) is 0. The maximum Gasteiger partial charge on any atom is 0.123 e. The summed E-state index contributed by atoms with van der Waals surface area (Å²) in [7, 11) is 2.11. The first-order chi connectivity index (χ1) is 8.22. The van der Waals surface area contributed by atoms with Crippen LogP contribution in [0.25, 0.3) is 0 Å². The van der Waals surface area contributed by atoms with Gasteiger partial charge in [-0.3, -0.25) is 4.90 Å². The van der Waals surface area contributed by atoms with Crippen LogP contribution in [0.1, 0.15) is 30.9 Å². The number of hydrogen-bond donors (Lipinski definition) is 1. The highest BCUT2D eigenvalue weighted by molar-refractivity contribution is 5.21. The first kappa shape index (κ1) is 12.5. The number of likely N-dealkylation sites (tertiary alicyclic amines) is 1. The molecule has 2 unspecified atom stereocenters. The lowest BCUT2D eigenvalue weighted by Gasteiger charge is -2.32. The molecule has 0 spiro atoms. The van der Waals surface area contributed by atoms with Crippen molar-refractivity contribution in [2.24, 2.45) is 11.7 Å². The molecule has 2 N–H and O–H groups in total. The topological polar surface area (TPSA) is 29.3 Å². The van der Waals surface area contributed by atoms with Gasteiger partial charge in [-0.2, -0.15) is 0 Å². The molecule has 17 heavy (non-hydrogen) atoms. The average molecular weight is 236 g/mol. The third-order valence-electron chi connectivity index (χ3n) is 3.75. The fraction of sp³-hybridized carbons (Fsp3) is 0.571. The highest BCUT2D eigenvalue weighted by Gasteiger charge is 2.28. The van der Waals surface area contributed by atoms with E-state index in [-0.39, 0.29) is 11.9 Å². The quantitative estimate of drug-likeness (QED) is 0.855. The lowest BCUT2D eigenvalue weighted by atomic mass is 9.89. The molecule has 0 bridgehead atoms. The van der Waals surface area contributed by atoms with Crippen molar-refractivity contribution in [3.05, 3.63) is 35.6 Å². The largest absolute Gasteiger partial charge is 0.330 e. The Labute approximate surface area is 103 Å². The molecule has 2 rings (SSSR count). The number of hydrogen-bond acceptors (Lipinski definition) is 2. The summed E-state index contributed by atoms with van der Waals surface area (Å²) >= 11 is 0.